The van der Waals surface area contributed by atoms with Gasteiger partial charge < -0.3 is 4.74 Å². The third kappa shape index (κ3) is 4.08. The van der Waals surface area contributed by atoms with Crippen LogP contribution >= 0.6 is 0 Å². The van der Waals surface area contributed by atoms with Crippen molar-refractivity contribution >= 4 is 0 Å². The lowest BCUT2D eigenvalue weighted by Crippen LogP contribution is -2.19. The fraction of sp³-hybridized carbons (Fsp3) is 0.300. The summed E-state index contributed by atoms with van der Waals surface area (Å²) in [5.74, 6) is 0.812. The van der Waals surface area contributed by atoms with Gasteiger partial charge in [0.2, 0.25) is 0 Å². The first-order chi connectivity index (χ1) is 12.8. The van der Waals surface area contributed by atoms with E-state index in [1.165, 1.54) is 17.7 Å². The highest BCUT2D eigenvalue weighted by atomic mass is 19.1. The molecule has 0 aliphatic carbocycles. The Hall–Kier alpha value is -2.73. The second-order valence-electron chi connectivity index (χ2n) is 6.64. The second kappa shape index (κ2) is 7.66. The van der Waals surface area contributed by atoms with Crippen molar-refractivity contribution in [1.82, 2.24) is 20.1 Å². The standard InChI is InChI=1S/C20H21FN4O/c21-17-3-5-19(6-4-17)26-14-18-10-20(24-23-18)16-7-9-25(13-16)12-15-2-1-8-22-11-15/h1-6,8,10-11,16H,7,9,12-14H2,(H,23,24)/t16-/m1/s1. The van der Waals surface area contributed by atoms with Gasteiger partial charge in [0.05, 0.1) is 11.4 Å². The number of likely N-dealkylation sites (tertiary alicyclic amines) is 1. The van der Waals surface area contributed by atoms with E-state index in [2.05, 4.69) is 32.2 Å². The Morgan fingerprint density at radius 1 is 1.23 bits per heavy atom. The smallest absolute Gasteiger partial charge is 0.130 e. The van der Waals surface area contributed by atoms with Crippen LogP contribution in [0.5, 0.6) is 5.75 Å². The zero-order valence-corrected chi connectivity index (χ0v) is 14.4. The van der Waals surface area contributed by atoms with Crippen molar-refractivity contribution in [3.63, 3.8) is 0 Å². The molecule has 0 radical (unpaired) electrons. The molecule has 0 amide bonds. The maximum Gasteiger partial charge on any atom is 0.130 e. The zero-order valence-electron chi connectivity index (χ0n) is 14.4. The summed E-state index contributed by atoms with van der Waals surface area (Å²) in [5.41, 5.74) is 3.25. The van der Waals surface area contributed by atoms with Gasteiger partial charge in [0, 0.05) is 31.4 Å². The molecule has 4 rings (SSSR count). The molecule has 1 fully saturated rings. The highest BCUT2D eigenvalue weighted by Gasteiger charge is 2.25. The highest BCUT2D eigenvalue weighted by molar-refractivity contribution is 5.23. The number of hydrogen-bond acceptors (Lipinski definition) is 4. The van der Waals surface area contributed by atoms with E-state index in [1.54, 1.807) is 18.3 Å². The number of aromatic nitrogens is 3. The number of H-pyrrole nitrogens is 1. The average molecular weight is 352 g/mol. The molecular formula is C20H21FN4O. The molecule has 1 N–H and O–H groups in total. The number of aromatic amines is 1. The molecule has 134 valence electrons. The van der Waals surface area contributed by atoms with Crippen LogP contribution < -0.4 is 4.74 Å². The molecule has 2 aromatic heterocycles. The summed E-state index contributed by atoms with van der Waals surface area (Å²) in [4.78, 5) is 6.61. The first-order valence-electron chi connectivity index (χ1n) is 8.80. The molecule has 0 bridgehead atoms. The van der Waals surface area contributed by atoms with Crippen LogP contribution in [0.3, 0.4) is 0 Å². The summed E-state index contributed by atoms with van der Waals surface area (Å²) in [6.07, 6.45) is 4.83. The molecule has 1 atom stereocenters. The molecule has 1 aromatic carbocycles. The molecule has 0 spiro atoms. The Morgan fingerprint density at radius 3 is 2.92 bits per heavy atom. The normalized spacial score (nSPS) is 17.5. The lowest BCUT2D eigenvalue weighted by atomic mass is 10.1. The summed E-state index contributed by atoms with van der Waals surface area (Å²) in [7, 11) is 0. The van der Waals surface area contributed by atoms with Gasteiger partial charge in [-0.3, -0.25) is 15.0 Å². The van der Waals surface area contributed by atoms with Gasteiger partial charge in [0.15, 0.2) is 0 Å². The first-order valence-corrected chi connectivity index (χ1v) is 8.80. The van der Waals surface area contributed by atoms with Gasteiger partial charge in [-0.2, -0.15) is 5.10 Å². The van der Waals surface area contributed by atoms with E-state index in [0.29, 0.717) is 18.3 Å². The van der Waals surface area contributed by atoms with Gasteiger partial charge in [-0.15, -0.1) is 0 Å². The monoisotopic (exact) mass is 352 g/mol. The summed E-state index contributed by atoms with van der Waals surface area (Å²) in [6, 6.07) is 12.2. The van der Waals surface area contributed by atoms with Gasteiger partial charge in [0.25, 0.3) is 0 Å². The van der Waals surface area contributed by atoms with E-state index >= 15 is 0 Å². The highest BCUT2D eigenvalue weighted by Crippen LogP contribution is 2.27. The average Bonchev–Trinajstić information content (AvgIpc) is 3.31. The number of halogens is 1. The predicted molar refractivity (Wildman–Crippen MR) is 96.2 cm³/mol. The summed E-state index contributed by atoms with van der Waals surface area (Å²) >= 11 is 0. The van der Waals surface area contributed by atoms with Crippen LogP contribution in [0.2, 0.25) is 0 Å². The number of ether oxygens (including phenoxy) is 1. The van der Waals surface area contributed by atoms with Crippen LogP contribution in [0, 0.1) is 5.82 Å². The van der Waals surface area contributed by atoms with E-state index in [-0.39, 0.29) is 5.82 Å². The molecule has 3 aromatic rings. The Bertz CT molecular complexity index is 835. The van der Waals surface area contributed by atoms with Crippen molar-refractivity contribution in [2.24, 2.45) is 0 Å². The van der Waals surface area contributed by atoms with Crippen LogP contribution in [-0.2, 0) is 13.2 Å². The fourth-order valence-corrected chi connectivity index (χ4v) is 3.32. The second-order valence-corrected chi connectivity index (χ2v) is 6.64. The van der Waals surface area contributed by atoms with Gasteiger partial charge >= 0.3 is 0 Å². The summed E-state index contributed by atoms with van der Waals surface area (Å²) < 4.78 is 18.6. The van der Waals surface area contributed by atoms with Gasteiger partial charge in [-0.05, 0) is 54.9 Å². The van der Waals surface area contributed by atoms with E-state index in [0.717, 1.165) is 37.4 Å². The van der Waals surface area contributed by atoms with Crippen molar-refractivity contribution in [3.05, 3.63) is 77.6 Å². The third-order valence-corrected chi connectivity index (χ3v) is 4.68. The Morgan fingerprint density at radius 2 is 2.12 bits per heavy atom. The Balaban J connectivity index is 1.31. The van der Waals surface area contributed by atoms with E-state index in [1.807, 2.05) is 12.3 Å². The van der Waals surface area contributed by atoms with Crippen molar-refractivity contribution in [2.45, 2.75) is 25.5 Å². The zero-order chi connectivity index (χ0) is 17.8. The first kappa shape index (κ1) is 16.7. The molecule has 26 heavy (non-hydrogen) atoms. The SMILES string of the molecule is Fc1ccc(OCc2cc([C@@H]3CCN(Cc4cccnc4)C3)n[nH]2)cc1. The predicted octanol–water partition coefficient (Wildman–Crippen LogP) is 3.51. The molecule has 6 heteroatoms. The lowest BCUT2D eigenvalue weighted by Gasteiger charge is -2.15. The molecule has 5 nitrogen and oxygen atoms in total. The fourth-order valence-electron chi connectivity index (χ4n) is 3.32. The van der Waals surface area contributed by atoms with Crippen molar-refractivity contribution in [1.29, 1.82) is 0 Å². The minimum atomic E-state index is -0.266. The number of nitrogens with zero attached hydrogens (tertiary/aromatic N) is 3. The van der Waals surface area contributed by atoms with E-state index in [4.69, 9.17) is 4.74 Å². The molecule has 3 heterocycles. The van der Waals surface area contributed by atoms with E-state index in [9.17, 15) is 4.39 Å². The number of nitrogens with one attached hydrogen (secondary N) is 1. The molecule has 1 aliphatic heterocycles. The van der Waals surface area contributed by atoms with Crippen LogP contribution in [0.1, 0.15) is 29.3 Å². The molecule has 1 saturated heterocycles. The summed E-state index contributed by atoms with van der Waals surface area (Å²) in [6.45, 7) is 3.38. The minimum Gasteiger partial charge on any atom is -0.487 e. The molecule has 0 unspecified atom stereocenters. The van der Waals surface area contributed by atoms with Gasteiger partial charge in [-0.25, -0.2) is 4.39 Å². The third-order valence-electron chi connectivity index (χ3n) is 4.68. The Labute approximate surface area is 151 Å². The maximum atomic E-state index is 12.9. The number of rotatable bonds is 6. The number of pyridine rings is 1. The van der Waals surface area contributed by atoms with Crippen LogP contribution in [-0.4, -0.2) is 33.2 Å². The van der Waals surface area contributed by atoms with Crippen LogP contribution in [0.15, 0.2) is 54.9 Å². The largest absolute Gasteiger partial charge is 0.487 e. The van der Waals surface area contributed by atoms with Crippen molar-refractivity contribution in [2.75, 3.05) is 13.1 Å². The van der Waals surface area contributed by atoms with Crippen LogP contribution in [0.4, 0.5) is 4.39 Å². The lowest BCUT2D eigenvalue weighted by molar-refractivity contribution is 0.300. The topological polar surface area (TPSA) is 54.0 Å². The maximum absolute atomic E-state index is 12.9. The number of benzene rings is 1. The molecule has 0 saturated carbocycles. The Kier molecular flexibility index (Phi) is 4.93. The van der Waals surface area contributed by atoms with Crippen molar-refractivity contribution in [3.8, 4) is 5.75 Å². The number of hydrogen-bond donors (Lipinski definition) is 1. The van der Waals surface area contributed by atoms with Gasteiger partial charge in [0.1, 0.15) is 18.2 Å². The molecular weight excluding hydrogens is 331 g/mol. The van der Waals surface area contributed by atoms with Gasteiger partial charge in [-0.1, -0.05) is 6.07 Å². The van der Waals surface area contributed by atoms with Crippen molar-refractivity contribution < 1.29 is 9.13 Å². The molecule has 1 aliphatic rings. The quantitative estimate of drug-likeness (QED) is 0.738. The van der Waals surface area contributed by atoms with E-state index < -0.39 is 0 Å². The van der Waals surface area contributed by atoms with Crippen LogP contribution in [0.25, 0.3) is 0 Å². The minimum absolute atomic E-state index is 0.266. The summed E-state index contributed by atoms with van der Waals surface area (Å²) in [5, 5.41) is 7.51.